The normalized spacial score (nSPS) is 22.0. The number of ketones is 2. The monoisotopic (exact) mass is 768 g/mol. The summed E-state index contributed by atoms with van der Waals surface area (Å²) in [6.45, 7) is 0.774. The van der Waals surface area contributed by atoms with Crippen molar-refractivity contribution in [1.29, 1.82) is 0 Å². The fourth-order valence-electron chi connectivity index (χ4n) is 5.10. The number of oxime groups is 1. The summed E-state index contributed by atoms with van der Waals surface area (Å²) in [6, 6.07) is 1.84. The first kappa shape index (κ1) is 36.7. The number of carboxylic acid groups (broad SMARTS) is 2. The van der Waals surface area contributed by atoms with Crippen LogP contribution in [0, 0.1) is 5.92 Å². The largest absolute Gasteiger partial charge is 0.504 e. The van der Waals surface area contributed by atoms with E-state index < -0.39 is 123 Å². The number of aliphatic carboxylic acids is 2. The number of anilines is 1. The van der Waals surface area contributed by atoms with Gasteiger partial charge in [-0.3, -0.25) is 34.2 Å². The molecule has 0 aliphatic carbocycles. The van der Waals surface area contributed by atoms with Crippen LogP contribution < -0.4 is 11.2 Å². The summed E-state index contributed by atoms with van der Waals surface area (Å²) in [5, 5.41) is 41.4. The zero-order valence-electron chi connectivity index (χ0n) is 26.1. The van der Waals surface area contributed by atoms with Crippen LogP contribution in [-0.2, 0) is 38.4 Å². The molecule has 4 heterocycles. The third kappa shape index (κ3) is 6.45. The molecule has 3 fully saturated rings. The number of hydrogen-bond acceptors (Lipinski definition) is 17. The highest BCUT2D eigenvalue weighted by Crippen LogP contribution is 2.52. The summed E-state index contributed by atoms with van der Waals surface area (Å²) < 4.78 is 3.90. The van der Waals surface area contributed by atoms with Crippen LogP contribution in [0.25, 0.3) is 0 Å². The summed E-state index contributed by atoms with van der Waals surface area (Å²) in [6.07, 6.45) is -0.582. The minimum absolute atomic E-state index is 0.0565. The minimum atomic E-state index is -2.20. The molecule has 0 spiro atoms. The van der Waals surface area contributed by atoms with E-state index in [9.17, 15) is 58.8 Å². The summed E-state index contributed by atoms with van der Waals surface area (Å²) >= 11 is 7.16. The van der Waals surface area contributed by atoms with Crippen LogP contribution >= 0.6 is 34.9 Å². The Labute approximate surface area is 298 Å². The van der Waals surface area contributed by atoms with Crippen molar-refractivity contribution in [3.05, 3.63) is 28.5 Å². The Morgan fingerprint density at radius 3 is 2.43 bits per heavy atom. The molecule has 3 saturated heterocycles. The zero-order chi connectivity index (χ0) is 37.7. The first-order valence-corrected chi connectivity index (χ1v) is 16.4. The Kier molecular flexibility index (Phi) is 9.57. The van der Waals surface area contributed by atoms with Gasteiger partial charge in [0.15, 0.2) is 28.1 Å². The number of phenols is 2. The number of carbonyl (C=O) groups is 8. The number of thioether (sulfide) groups is 1. The van der Waals surface area contributed by atoms with Gasteiger partial charge in [-0.25, -0.2) is 14.6 Å². The maximum atomic E-state index is 13.4. The summed E-state index contributed by atoms with van der Waals surface area (Å²) in [5.41, 5.74) is 4.61. The number of phenolic OH excluding ortho intramolecular Hbond substituents is 2. The number of Topliss-reactive ketones (excluding diaryl/α,β-unsaturated/α-hetero) is 2. The number of rotatable bonds is 12. The molecule has 3 aliphatic rings. The van der Waals surface area contributed by atoms with E-state index in [-0.39, 0.29) is 11.0 Å². The Morgan fingerprint density at radius 2 is 1.82 bits per heavy atom. The minimum Gasteiger partial charge on any atom is -0.504 e. The zero-order valence-corrected chi connectivity index (χ0v) is 28.4. The number of halogens is 1. The Balaban J connectivity index is 1.30. The molecule has 0 bridgehead atoms. The lowest BCUT2D eigenvalue weighted by Gasteiger charge is -2.41. The van der Waals surface area contributed by atoms with Crippen molar-refractivity contribution in [2.75, 3.05) is 25.4 Å². The summed E-state index contributed by atoms with van der Waals surface area (Å²) in [5.74, 6) is -13.1. The number of hydrazine groups is 1. The molecule has 3 atom stereocenters. The van der Waals surface area contributed by atoms with E-state index in [4.69, 9.17) is 22.2 Å². The van der Waals surface area contributed by atoms with Gasteiger partial charge in [-0.15, -0.1) is 0 Å². The van der Waals surface area contributed by atoms with Crippen LogP contribution in [0.1, 0.15) is 36.5 Å². The lowest BCUT2D eigenvalue weighted by atomic mass is 9.90. The molecule has 2 aromatic rings. The second-order valence-electron chi connectivity index (χ2n) is 11.6. The molecule has 270 valence electrons. The molecule has 1 aromatic heterocycles. The van der Waals surface area contributed by atoms with E-state index in [1.54, 1.807) is 0 Å². The van der Waals surface area contributed by atoms with Crippen molar-refractivity contribution in [2.24, 2.45) is 11.1 Å². The number of β-lactam (4-membered cyclic amide) rings is 1. The number of aromatic nitrogens is 2. The van der Waals surface area contributed by atoms with Crippen molar-refractivity contribution < 1.29 is 63.6 Å². The summed E-state index contributed by atoms with van der Waals surface area (Å²) in [4.78, 5) is 111. The van der Waals surface area contributed by atoms with Gasteiger partial charge in [-0.1, -0.05) is 28.5 Å². The van der Waals surface area contributed by atoms with Gasteiger partial charge in [0, 0.05) is 24.5 Å². The fraction of sp³-hybridized carbons (Fsp3) is 0.370. The molecule has 3 aliphatic heterocycles. The Morgan fingerprint density at radius 1 is 1.14 bits per heavy atom. The van der Waals surface area contributed by atoms with Gasteiger partial charge >= 0.3 is 29.7 Å². The van der Waals surface area contributed by atoms with Gasteiger partial charge in [-0.05, 0) is 26.0 Å². The molecule has 7 N–H and O–H groups in total. The second kappa shape index (κ2) is 13.3. The fourth-order valence-corrected chi connectivity index (χ4v) is 7.48. The third-order valence-electron chi connectivity index (χ3n) is 7.93. The van der Waals surface area contributed by atoms with Crippen LogP contribution in [0.15, 0.2) is 17.3 Å². The number of fused-ring (bicyclic) bond motifs is 1. The molecule has 1 aromatic carbocycles. The van der Waals surface area contributed by atoms with Gasteiger partial charge in [0.25, 0.3) is 5.78 Å². The standard InChI is InChI=1S/C27H25ClN8O13S2/c1-26(2,23(45)46)49-32-14(17-30-25(29)51-33-17)12(38)7-10-19(42)34-8-27(24(47)48,50-22(10)34)35-5-6-36(21(44)20(35)43)31-18(41)15(39)9-3-4-11(37)16(40)13(9)28/h3-4,10,22,37,40H,5-8H2,1-2H3,(H,31,41)(H,45,46)(H,47,48)(H2,29,30,33)/b32-14+/t10-,22-,27-/m1/s1. The van der Waals surface area contributed by atoms with E-state index in [1.165, 1.54) is 0 Å². The molecule has 5 rings (SSSR count). The van der Waals surface area contributed by atoms with E-state index in [1.807, 2.05) is 5.43 Å². The van der Waals surface area contributed by atoms with Crippen molar-refractivity contribution >= 4 is 92.9 Å². The molecule has 51 heavy (non-hydrogen) atoms. The van der Waals surface area contributed by atoms with Crippen LogP contribution in [0.3, 0.4) is 0 Å². The maximum Gasteiger partial charge on any atom is 0.350 e. The van der Waals surface area contributed by atoms with Crippen LogP contribution in [-0.4, -0.2) is 133 Å². The number of nitrogens with two attached hydrogens (primary N) is 1. The lowest BCUT2D eigenvalue weighted by Crippen LogP contribution is -2.67. The highest BCUT2D eigenvalue weighted by Gasteiger charge is 2.66. The highest BCUT2D eigenvalue weighted by molar-refractivity contribution is 8.02. The van der Waals surface area contributed by atoms with E-state index >= 15 is 0 Å². The predicted molar refractivity (Wildman–Crippen MR) is 171 cm³/mol. The molecule has 0 radical (unpaired) electrons. The van der Waals surface area contributed by atoms with Crippen molar-refractivity contribution in [3.63, 3.8) is 0 Å². The number of amides is 4. The number of benzene rings is 1. The lowest BCUT2D eigenvalue weighted by molar-refractivity contribution is -0.168. The average molecular weight is 769 g/mol. The maximum absolute atomic E-state index is 13.4. The molecular formula is C27H25ClN8O13S2. The van der Waals surface area contributed by atoms with Crippen molar-refractivity contribution in [3.8, 4) is 11.5 Å². The van der Waals surface area contributed by atoms with Gasteiger partial charge in [0.1, 0.15) is 0 Å². The van der Waals surface area contributed by atoms with Gasteiger partial charge in [-0.2, -0.15) is 9.36 Å². The van der Waals surface area contributed by atoms with Gasteiger partial charge in [0.05, 0.1) is 35.0 Å². The van der Waals surface area contributed by atoms with E-state index in [0.29, 0.717) is 33.2 Å². The number of carbonyl (C=O) groups excluding carboxylic acids is 6. The smallest absolute Gasteiger partial charge is 0.350 e. The first-order chi connectivity index (χ1) is 23.8. The first-order valence-electron chi connectivity index (χ1n) is 14.3. The Hall–Kier alpha value is -5.55. The highest BCUT2D eigenvalue weighted by atomic mass is 35.5. The molecular weight excluding hydrogens is 744 g/mol. The summed E-state index contributed by atoms with van der Waals surface area (Å²) in [7, 11) is 0. The number of hydrogen-bond donors (Lipinski definition) is 6. The molecule has 24 heteroatoms. The van der Waals surface area contributed by atoms with E-state index in [0.717, 1.165) is 30.9 Å². The third-order valence-corrected chi connectivity index (χ3v) is 10.6. The van der Waals surface area contributed by atoms with Crippen molar-refractivity contribution in [2.45, 2.75) is 36.1 Å². The number of nitrogens with zero attached hydrogens (tertiary/aromatic N) is 6. The number of nitrogen functional groups attached to an aromatic ring is 1. The SMILES string of the molecule is CC(C)(O/N=C(\C(=O)C[C@@H]1C(=O)N2C[C@@](C(=O)O)(N3CCN(NC(=O)C(=O)c4ccc(O)c(O)c4Cl)C(=O)C3=O)S[C@H]12)c1nsc(N)n1)C(=O)O. The average Bonchev–Trinajstić information content (AvgIpc) is 3.67. The van der Waals surface area contributed by atoms with Crippen molar-refractivity contribution in [1.82, 2.24) is 29.6 Å². The van der Waals surface area contributed by atoms with Gasteiger partial charge in [0.2, 0.25) is 22.2 Å². The molecule has 0 unspecified atom stereocenters. The molecule has 21 nitrogen and oxygen atoms in total. The number of carboxylic acids is 2. The van der Waals surface area contributed by atoms with E-state index in [2.05, 4.69) is 14.5 Å². The number of piperazine rings is 1. The van der Waals surface area contributed by atoms with Crippen LogP contribution in [0.4, 0.5) is 5.13 Å². The number of nitrogens with one attached hydrogen (secondary N) is 1. The predicted octanol–water partition coefficient (Wildman–Crippen LogP) is -1.37. The van der Waals surface area contributed by atoms with Crippen LogP contribution in [0.5, 0.6) is 11.5 Å². The Bertz CT molecular complexity index is 1950. The van der Waals surface area contributed by atoms with Crippen LogP contribution in [0.2, 0.25) is 5.02 Å². The molecule has 4 amide bonds. The quantitative estimate of drug-likeness (QED) is 0.0362. The number of aromatic hydroxyl groups is 2. The van der Waals surface area contributed by atoms with Gasteiger partial charge < -0.3 is 40.8 Å². The molecule has 0 saturated carbocycles. The second-order valence-corrected chi connectivity index (χ2v) is 14.1. The topological polar surface area (TPSA) is 313 Å².